The van der Waals surface area contributed by atoms with E-state index in [4.69, 9.17) is 6.42 Å². The summed E-state index contributed by atoms with van der Waals surface area (Å²) in [5.41, 5.74) is 2.27. The summed E-state index contributed by atoms with van der Waals surface area (Å²) in [6.45, 7) is 0. The second kappa shape index (κ2) is 3.79. The lowest BCUT2D eigenvalue weighted by molar-refractivity contribution is -0.00614. The molecule has 0 amide bonds. The van der Waals surface area contributed by atoms with Crippen LogP contribution in [0.25, 0.3) is 0 Å². The van der Waals surface area contributed by atoms with Gasteiger partial charge in [-0.1, -0.05) is 5.92 Å². The fourth-order valence-electron chi connectivity index (χ4n) is 5.49. The topological polar surface area (TPSA) is 20.2 Å². The maximum absolute atomic E-state index is 10.3. The summed E-state index contributed by atoms with van der Waals surface area (Å²) in [7, 11) is 0. The van der Waals surface area contributed by atoms with Crippen molar-refractivity contribution < 1.29 is 5.11 Å². The van der Waals surface area contributed by atoms with Crippen molar-refractivity contribution in [1.82, 2.24) is 0 Å². The van der Waals surface area contributed by atoms with Crippen LogP contribution in [-0.2, 0) is 5.41 Å². The molecule has 1 heteroatoms. The summed E-state index contributed by atoms with van der Waals surface area (Å²) >= 11 is 0. The van der Waals surface area contributed by atoms with Crippen LogP contribution in [0, 0.1) is 30.1 Å². The molecule has 4 fully saturated rings. The Morgan fingerprint density at radius 3 is 2.16 bits per heavy atom. The van der Waals surface area contributed by atoms with Gasteiger partial charge >= 0.3 is 0 Å². The van der Waals surface area contributed by atoms with Crippen molar-refractivity contribution in [2.75, 3.05) is 0 Å². The third kappa shape index (κ3) is 1.62. The zero-order valence-electron chi connectivity index (χ0n) is 11.2. The molecule has 0 heterocycles. The van der Waals surface area contributed by atoms with Gasteiger partial charge in [-0.25, -0.2) is 0 Å². The fraction of sp³-hybridized carbons (Fsp3) is 0.556. The molecule has 4 bridgehead atoms. The molecule has 5 rings (SSSR count). The number of hydrogen-bond donors (Lipinski definition) is 1. The van der Waals surface area contributed by atoms with Crippen molar-refractivity contribution in [3.63, 3.8) is 0 Å². The largest absolute Gasteiger partial charge is 0.508 e. The number of terminal acetylenes is 1. The van der Waals surface area contributed by atoms with Crippen molar-refractivity contribution in [2.45, 2.75) is 43.9 Å². The third-order valence-corrected chi connectivity index (χ3v) is 5.77. The van der Waals surface area contributed by atoms with Gasteiger partial charge < -0.3 is 5.11 Å². The average molecular weight is 252 g/mol. The molecule has 0 unspecified atom stereocenters. The Hall–Kier alpha value is -1.42. The lowest BCUT2D eigenvalue weighted by Gasteiger charge is -2.57. The summed E-state index contributed by atoms with van der Waals surface area (Å²) in [6.07, 6.45) is 13.6. The van der Waals surface area contributed by atoms with Gasteiger partial charge in [0.25, 0.3) is 0 Å². The predicted octanol–water partition coefficient (Wildman–Crippen LogP) is 3.84. The molecule has 0 spiro atoms. The van der Waals surface area contributed by atoms with Crippen LogP contribution >= 0.6 is 0 Å². The van der Waals surface area contributed by atoms with Gasteiger partial charge in [0.05, 0.1) is 0 Å². The number of phenols is 1. The minimum Gasteiger partial charge on any atom is -0.508 e. The number of aromatic hydroxyl groups is 1. The molecular weight excluding hydrogens is 232 g/mol. The molecule has 0 atom stereocenters. The number of phenolic OH excluding ortho intramolecular Hbond substituents is 1. The summed E-state index contributed by atoms with van der Waals surface area (Å²) in [5.74, 6) is 5.84. The predicted molar refractivity (Wildman–Crippen MR) is 75.9 cm³/mol. The van der Waals surface area contributed by atoms with E-state index in [9.17, 15) is 5.11 Å². The molecule has 19 heavy (non-hydrogen) atoms. The Balaban J connectivity index is 1.81. The molecule has 0 radical (unpaired) electrons. The van der Waals surface area contributed by atoms with Gasteiger partial charge in [-0.05, 0) is 79.9 Å². The lowest BCUT2D eigenvalue weighted by atomic mass is 9.48. The highest BCUT2D eigenvalue weighted by molar-refractivity contribution is 5.47. The summed E-state index contributed by atoms with van der Waals surface area (Å²) < 4.78 is 0. The van der Waals surface area contributed by atoms with Gasteiger partial charge in [-0.3, -0.25) is 0 Å². The quantitative estimate of drug-likeness (QED) is 0.753. The lowest BCUT2D eigenvalue weighted by Crippen LogP contribution is -2.48. The van der Waals surface area contributed by atoms with E-state index in [1.165, 1.54) is 38.5 Å². The number of rotatable bonds is 1. The van der Waals surface area contributed by atoms with Crippen LogP contribution in [-0.4, -0.2) is 5.11 Å². The van der Waals surface area contributed by atoms with Crippen molar-refractivity contribution in [3.05, 3.63) is 29.3 Å². The molecule has 0 aromatic heterocycles. The average Bonchev–Trinajstić information content (AvgIpc) is 2.37. The van der Waals surface area contributed by atoms with Gasteiger partial charge in [0, 0.05) is 11.1 Å². The number of hydrogen-bond acceptors (Lipinski definition) is 1. The van der Waals surface area contributed by atoms with Crippen LogP contribution in [0.3, 0.4) is 0 Å². The van der Waals surface area contributed by atoms with E-state index in [1.807, 2.05) is 6.07 Å². The highest BCUT2D eigenvalue weighted by Gasteiger charge is 2.52. The van der Waals surface area contributed by atoms with E-state index in [0.29, 0.717) is 5.75 Å². The zero-order valence-corrected chi connectivity index (χ0v) is 11.2. The van der Waals surface area contributed by atoms with Gasteiger partial charge in [0.1, 0.15) is 5.75 Å². The van der Waals surface area contributed by atoms with Crippen LogP contribution in [0.4, 0.5) is 0 Å². The molecule has 4 aliphatic carbocycles. The molecular formula is C18H20O. The van der Waals surface area contributed by atoms with Crippen LogP contribution in [0.5, 0.6) is 5.75 Å². The standard InChI is InChI=1S/C18H20O/c1-2-12-3-4-17(19)16(8-12)18-9-13-5-14(10-18)7-15(6-13)11-18/h1,3-4,8,13-15,19H,5-7,9-11H2. The molecule has 0 saturated heterocycles. The maximum atomic E-state index is 10.3. The van der Waals surface area contributed by atoms with Gasteiger partial charge in [0.2, 0.25) is 0 Å². The molecule has 0 aliphatic heterocycles. The second-order valence-corrected chi connectivity index (χ2v) is 7.07. The molecule has 1 N–H and O–H groups in total. The first-order valence-electron chi connectivity index (χ1n) is 7.49. The Labute approximate surface area is 115 Å². The zero-order chi connectivity index (χ0) is 13.0. The smallest absolute Gasteiger partial charge is 0.119 e. The Morgan fingerprint density at radius 2 is 1.63 bits per heavy atom. The SMILES string of the molecule is C#Cc1ccc(O)c(C23CC4CC(CC(C4)C2)C3)c1. The van der Waals surface area contributed by atoms with Crippen molar-refractivity contribution in [1.29, 1.82) is 0 Å². The van der Waals surface area contributed by atoms with Gasteiger partial charge in [-0.2, -0.15) is 0 Å². The maximum Gasteiger partial charge on any atom is 0.119 e. The molecule has 1 aromatic carbocycles. The second-order valence-electron chi connectivity index (χ2n) is 7.07. The Kier molecular flexibility index (Phi) is 2.28. The van der Waals surface area contributed by atoms with E-state index in [0.717, 1.165) is 28.9 Å². The van der Waals surface area contributed by atoms with E-state index in [2.05, 4.69) is 12.0 Å². The van der Waals surface area contributed by atoms with Crippen molar-refractivity contribution in [2.24, 2.45) is 17.8 Å². The highest BCUT2D eigenvalue weighted by atomic mass is 16.3. The van der Waals surface area contributed by atoms with Crippen LogP contribution < -0.4 is 0 Å². The molecule has 4 saturated carbocycles. The van der Waals surface area contributed by atoms with Crippen molar-refractivity contribution in [3.8, 4) is 18.1 Å². The van der Waals surface area contributed by atoms with E-state index in [1.54, 1.807) is 6.07 Å². The molecule has 1 aromatic rings. The van der Waals surface area contributed by atoms with Crippen LogP contribution in [0.2, 0.25) is 0 Å². The summed E-state index contributed by atoms with van der Waals surface area (Å²) in [4.78, 5) is 0. The van der Waals surface area contributed by atoms with E-state index < -0.39 is 0 Å². The minimum absolute atomic E-state index is 0.228. The first-order chi connectivity index (χ1) is 9.18. The fourth-order valence-corrected chi connectivity index (χ4v) is 5.49. The molecule has 4 aliphatic rings. The Bertz CT molecular complexity index is 528. The van der Waals surface area contributed by atoms with Crippen molar-refractivity contribution >= 4 is 0 Å². The summed E-state index contributed by atoms with van der Waals surface area (Å²) in [5, 5.41) is 10.3. The van der Waals surface area contributed by atoms with Crippen LogP contribution in [0.1, 0.15) is 49.7 Å². The molecule has 1 nitrogen and oxygen atoms in total. The third-order valence-electron chi connectivity index (χ3n) is 5.77. The number of benzene rings is 1. The first kappa shape index (κ1) is 11.4. The Morgan fingerprint density at radius 1 is 1.05 bits per heavy atom. The summed E-state index contributed by atoms with van der Waals surface area (Å²) in [6, 6.07) is 5.71. The van der Waals surface area contributed by atoms with Crippen LogP contribution in [0.15, 0.2) is 18.2 Å². The first-order valence-corrected chi connectivity index (χ1v) is 7.49. The van der Waals surface area contributed by atoms with Gasteiger partial charge in [0.15, 0.2) is 0 Å². The van der Waals surface area contributed by atoms with E-state index in [-0.39, 0.29) is 5.41 Å². The minimum atomic E-state index is 0.228. The molecule has 98 valence electrons. The van der Waals surface area contributed by atoms with Gasteiger partial charge in [-0.15, -0.1) is 6.42 Å². The normalized spacial score (nSPS) is 39.2. The highest BCUT2D eigenvalue weighted by Crippen LogP contribution is 2.61. The van der Waals surface area contributed by atoms with E-state index >= 15 is 0 Å². The monoisotopic (exact) mass is 252 g/mol.